The van der Waals surface area contributed by atoms with Gasteiger partial charge in [0.05, 0.1) is 11.2 Å². The Morgan fingerprint density at radius 1 is 1.56 bits per heavy atom. The molecule has 0 atom stereocenters. The molecule has 5 heteroatoms. The van der Waals surface area contributed by atoms with E-state index in [4.69, 9.17) is 0 Å². The van der Waals surface area contributed by atoms with Crippen LogP contribution in [0.3, 0.4) is 0 Å². The van der Waals surface area contributed by atoms with Crippen molar-refractivity contribution in [2.75, 3.05) is 12.8 Å². The molecule has 0 saturated carbocycles. The fraction of sp³-hybridized carbons (Fsp3) is 0.364. The van der Waals surface area contributed by atoms with Crippen molar-refractivity contribution in [3.8, 4) is 0 Å². The summed E-state index contributed by atoms with van der Waals surface area (Å²) in [4.78, 5) is 19.6. The molecule has 1 aromatic rings. The third-order valence-electron chi connectivity index (χ3n) is 1.85. The molecule has 0 fully saturated rings. The van der Waals surface area contributed by atoms with Crippen LogP contribution >= 0.6 is 11.8 Å². The number of carbonyl (C=O) groups is 1. The summed E-state index contributed by atoms with van der Waals surface area (Å²) in [5.74, 6) is -0.124. The van der Waals surface area contributed by atoms with Crippen molar-refractivity contribution in [1.82, 2.24) is 15.3 Å². The first kappa shape index (κ1) is 12.7. The minimum absolute atomic E-state index is 0.124. The van der Waals surface area contributed by atoms with Gasteiger partial charge in [0.1, 0.15) is 5.69 Å². The van der Waals surface area contributed by atoms with Gasteiger partial charge in [0, 0.05) is 25.0 Å². The second-order valence-electron chi connectivity index (χ2n) is 3.09. The lowest BCUT2D eigenvalue weighted by atomic mass is 10.3. The van der Waals surface area contributed by atoms with E-state index in [-0.39, 0.29) is 5.78 Å². The standard InChI is InChI=1S/C11H15N3OS/c1-3-4-14-11(16-2)7-10(15)9-8-12-5-6-13-9/h5-8,14H,3-4H2,1-2H3/b11-7-. The highest BCUT2D eigenvalue weighted by molar-refractivity contribution is 8.02. The summed E-state index contributed by atoms with van der Waals surface area (Å²) >= 11 is 1.51. The third kappa shape index (κ3) is 4.02. The van der Waals surface area contributed by atoms with E-state index >= 15 is 0 Å². The first-order valence-electron chi connectivity index (χ1n) is 5.07. The molecule has 1 heterocycles. The molecule has 4 nitrogen and oxygen atoms in total. The van der Waals surface area contributed by atoms with E-state index in [9.17, 15) is 4.79 Å². The van der Waals surface area contributed by atoms with E-state index in [1.54, 1.807) is 12.3 Å². The van der Waals surface area contributed by atoms with E-state index in [2.05, 4.69) is 22.2 Å². The zero-order valence-corrected chi connectivity index (χ0v) is 10.3. The van der Waals surface area contributed by atoms with E-state index in [1.807, 2.05) is 6.26 Å². The second-order valence-corrected chi connectivity index (χ2v) is 3.94. The van der Waals surface area contributed by atoms with Crippen LogP contribution in [0, 0.1) is 0 Å². The number of hydrogen-bond acceptors (Lipinski definition) is 5. The Hall–Kier alpha value is -1.36. The average Bonchev–Trinajstić information content (AvgIpc) is 2.35. The van der Waals surface area contributed by atoms with Gasteiger partial charge in [0.15, 0.2) is 0 Å². The smallest absolute Gasteiger partial charge is 0.208 e. The van der Waals surface area contributed by atoms with Crippen molar-refractivity contribution < 1.29 is 4.79 Å². The number of allylic oxidation sites excluding steroid dienone is 1. The highest BCUT2D eigenvalue weighted by Crippen LogP contribution is 2.09. The monoisotopic (exact) mass is 237 g/mol. The van der Waals surface area contributed by atoms with Crippen LogP contribution in [0.1, 0.15) is 23.8 Å². The van der Waals surface area contributed by atoms with Crippen LogP contribution in [0.5, 0.6) is 0 Å². The summed E-state index contributed by atoms with van der Waals surface area (Å²) in [6.45, 7) is 2.94. The molecule has 0 spiro atoms. The minimum Gasteiger partial charge on any atom is -0.380 e. The lowest BCUT2D eigenvalue weighted by molar-refractivity contribution is 0.104. The fourth-order valence-electron chi connectivity index (χ4n) is 1.05. The number of nitrogens with zero attached hydrogens (tertiary/aromatic N) is 2. The van der Waals surface area contributed by atoms with Gasteiger partial charge in [-0.3, -0.25) is 9.78 Å². The van der Waals surface area contributed by atoms with Crippen LogP contribution in [0.4, 0.5) is 0 Å². The molecule has 16 heavy (non-hydrogen) atoms. The largest absolute Gasteiger partial charge is 0.380 e. The molecular formula is C11H15N3OS. The minimum atomic E-state index is -0.124. The Morgan fingerprint density at radius 3 is 2.94 bits per heavy atom. The van der Waals surface area contributed by atoms with Crippen molar-refractivity contribution in [1.29, 1.82) is 0 Å². The summed E-state index contributed by atoms with van der Waals surface area (Å²) in [5, 5.41) is 4.03. The maximum absolute atomic E-state index is 11.7. The molecule has 1 N–H and O–H groups in total. The number of nitrogens with one attached hydrogen (secondary N) is 1. The summed E-state index contributed by atoms with van der Waals surface area (Å²) < 4.78 is 0. The number of aromatic nitrogens is 2. The highest BCUT2D eigenvalue weighted by atomic mass is 32.2. The van der Waals surface area contributed by atoms with E-state index in [0.717, 1.165) is 18.0 Å². The molecule has 0 aromatic carbocycles. The molecule has 0 amide bonds. The van der Waals surface area contributed by atoms with Crippen molar-refractivity contribution >= 4 is 17.5 Å². The van der Waals surface area contributed by atoms with Crippen molar-refractivity contribution in [2.24, 2.45) is 0 Å². The normalized spacial score (nSPS) is 11.2. The van der Waals surface area contributed by atoms with Crippen LogP contribution in [-0.4, -0.2) is 28.6 Å². The zero-order valence-electron chi connectivity index (χ0n) is 9.43. The highest BCUT2D eigenvalue weighted by Gasteiger charge is 2.05. The van der Waals surface area contributed by atoms with Gasteiger partial charge in [-0.2, -0.15) is 0 Å². The predicted octanol–water partition coefficient (Wildman–Crippen LogP) is 1.86. The average molecular weight is 237 g/mol. The van der Waals surface area contributed by atoms with E-state index < -0.39 is 0 Å². The predicted molar refractivity (Wildman–Crippen MR) is 66.3 cm³/mol. The number of hydrogen-bond donors (Lipinski definition) is 1. The van der Waals surface area contributed by atoms with Gasteiger partial charge in [-0.15, -0.1) is 11.8 Å². The molecule has 0 unspecified atom stereocenters. The summed E-state index contributed by atoms with van der Waals surface area (Å²) in [6, 6.07) is 0. The van der Waals surface area contributed by atoms with Gasteiger partial charge < -0.3 is 5.32 Å². The van der Waals surface area contributed by atoms with Gasteiger partial charge in [-0.25, -0.2) is 4.98 Å². The topological polar surface area (TPSA) is 54.9 Å². The maximum atomic E-state index is 11.7. The Labute approximate surface area is 99.6 Å². The number of carbonyl (C=O) groups excluding carboxylic acids is 1. The number of rotatable bonds is 6. The Morgan fingerprint density at radius 2 is 2.38 bits per heavy atom. The number of thioether (sulfide) groups is 1. The molecule has 0 aliphatic carbocycles. The molecule has 0 aliphatic heterocycles. The first-order valence-corrected chi connectivity index (χ1v) is 6.30. The van der Waals surface area contributed by atoms with E-state index in [0.29, 0.717) is 5.69 Å². The molecule has 0 saturated heterocycles. The summed E-state index contributed by atoms with van der Waals surface area (Å²) in [5.41, 5.74) is 0.368. The van der Waals surface area contributed by atoms with Crippen LogP contribution in [-0.2, 0) is 0 Å². The van der Waals surface area contributed by atoms with Crippen molar-refractivity contribution in [3.05, 3.63) is 35.4 Å². The molecular weight excluding hydrogens is 222 g/mol. The number of ketones is 1. The molecule has 0 radical (unpaired) electrons. The van der Waals surface area contributed by atoms with Crippen LogP contribution in [0.15, 0.2) is 29.7 Å². The Bertz CT molecular complexity index is 365. The van der Waals surface area contributed by atoms with Gasteiger partial charge in [0.2, 0.25) is 5.78 Å². The molecule has 86 valence electrons. The SMILES string of the molecule is CCCN/C(=C/C(=O)c1cnccn1)SC. The fourth-order valence-corrected chi connectivity index (χ4v) is 1.52. The molecule has 1 rings (SSSR count). The third-order valence-corrected chi connectivity index (χ3v) is 2.55. The van der Waals surface area contributed by atoms with Crippen LogP contribution < -0.4 is 5.32 Å². The Kier molecular flexibility index (Phi) is 5.56. The zero-order chi connectivity index (χ0) is 11.8. The van der Waals surface area contributed by atoms with Gasteiger partial charge in [-0.1, -0.05) is 6.92 Å². The first-order chi connectivity index (χ1) is 7.77. The van der Waals surface area contributed by atoms with E-state index in [1.165, 1.54) is 24.2 Å². The maximum Gasteiger partial charge on any atom is 0.208 e. The van der Waals surface area contributed by atoms with Crippen molar-refractivity contribution in [3.63, 3.8) is 0 Å². The summed E-state index contributed by atoms with van der Waals surface area (Å²) in [7, 11) is 0. The van der Waals surface area contributed by atoms with Crippen molar-refractivity contribution in [2.45, 2.75) is 13.3 Å². The summed E-state index contributed by atoms with van der Waals surface area (Å²) in [6.07, 6.45) is 9.04. The molecule has 0 aliphatic rings. The van der Waals surface area contributed by atoms with Crippen LogP contribution in [0.25, 0.3) is 0 Å². The Balaban J connectivity index is 2.70. The van der Waals surface area contributed by atoms with Gasteiger partial charge in [0.25, 0.3) is 0 Å². The van der Waals surface area contributed by atoms with Gasteiger partial charge in [-0.05, 0) is 12.7 Å². The molecule has 1 aromatic heterocycles. The van der Waals surface area contributed by atoms with Gasteiger partial charge >= 0.3 is 0 Å². The lowest BCUT2D eigenvalue weighted by Gasteiger charge is -2.05. The lowest BCUT2D eigenvalue weighted by Crippen LogP contribution is -2.13. The quantitative estimate of drug-likeness (QED) is 0.604. The second kappa shape index (κ2) is 7.00. The van der Waals surface area contributed by atoms with Crippen LogP contribution in [0.2, 0.25) is 0 Å². The molecule has 0 bridgehead atoms.